The van der Waals surface area contributed by atoms with Gasteiger partial charge in [-0.25, -0.2) is 4.79 Å². The summed E-state index contributed by atoms with van der Waals surface area (Å²) in [5, 5.41) is 11.6. The molecule has 0 atom stereocenters. The summed E-state index contributed by atoms with van der Waals surface area (Å²) in [6, 6.07) is 28.1. The molecule has 0 unspecified atom stereocenters. The van der Waals surface area contributed by atoms with Crippen LogP contribution in [0.1, 0.15) is 22.6 Å². The molecular formula is C30H26NO5. The van der Waals surface area contributed by atoms with Crippen LogP contribution in [-0.2, 0) is 16.4 Å². The number of rotatable bonds is 7. The predicted molar refractivity (Wildman–Crippen MR) is 137 cm³/mol. The molecule has 0 spiro atoms. The van der Waals surface area contributed by atoms with Crippen LogP contribution in [0.3, 0.4) is 0 Å². The van der Waals surface area contributed by atoms with Crippen molar-refractivity contribution in [1.29, 1.82) is 0 Å². The molecule has 0 saturated heterocycles. The molecular weight excluding hydrogens is 454 g/mol. The van der Waals surface area contributed by atoms with Gasteiger partial charge < -0.3 is 14.2 Å². The van der Waals surface area contributed by atoms with E-state index in [1.165, 1.54) is 28.2 Å². The monoisotopic (exact) mass is 480 g/mol. The van der Waals surface area contributed by atoms with Gasteiger partial charge in [0.1, 0.15) is 18.1 Å². The van der Waals surface area contributed by atoms with E-state index in [0.717, 1.165) is 16.7 Å². The molecule has 0 fully saturated rings. The fourth-order valence-electron chi connectivity index (χ4n) is 4.71. The molecule has 0 aliphatic heterocycles. The summed E-state index contributed by atoms with van der Waals surface area (Å²) in [6.45, 7) is 0.404. The van der Waals surface area contributed by atoms with Crippen LogP contribution in [-0.4, -0.2) is 26.9 Å². The third kappa shape index (κ3) is 4.45. The van der Waals surface area contributed by atoms with E-state index < -0.39 is 6.09 Å². The van der Waals surface area contributed by atoms with Crippen molar-refractivity contribution in [3.05, 3.63) is 108 Å². The third-order valence-corrected chi connectivity index (χ3v) is 6.50. The maximum absolute atomic E-state index is 13.6. The summed E-state index contributed by atoms with van der Waals surface area (Å²) in [6.07, 6.45) is -0.508. The Labute approximate surface area is 210 Å². The Morgan fingerprint density at radius 1 is 0.806 bits per heavy atom. The van der Waals surface area contributed by atoms with Crippen LogP contribution in [0.4, 0.5) is 10.5 Å². The largest absolute Gasteiger partial charge is 0.497 e. The number of ether oxygens (including phenoxy) is 3. The molecule has 181 valence electrons. The summed E-state index contributed by atoms with van der Waals surface area (Å²) in [5.41, 5.74) is 5.96. The Morgan fingerprint density at radius 3 is 2.06 bits per heavy atom. The molecule has 0 N–H and O–H groups in total. The van der Waals surface area contributed by atoms with E-state index in [1.807, 2.05) is 24.3 Å². The summed E-state index contributed by atoms with van der Waals surface area (Å²) in [5.74, 6) is 0.941. The van der Waals surface area contributed by atoms with Crippen LogP contribution >= 0.6 is 0 Å². The van der Waals surface area contributed by atoms with Gasteiger partial charge in [-0.05, 0) is 52.1 Å². The van der Waals surface area contributed by atoms with Crippen LogP contribution < -0.4 is 14.4 Å². The van der Waals surface area contributed by atoms with Crippen LogP contribution in [0.5, 0.6) is 17.2 Å². The molecule has 1 aliphatic carbocycles. The number of amides is 1. The summed E-state index contributed by atoms with van der Waals surface area (Å²) in [4.78, 5) is 15.1. The van der Waals surface area contributed by atoms with Gasteiger partial charge >= 0.3 is 6.09 Å². The molecule has 0 bridgehead atoms. The fourth-order valence-corrected chi connectivity index (χ4v) is 4.71. The molecule has 0 aromatic heterocycles. The predicted octanol–water partition coefficient (Wildman–Crippen LogP) is 6.80. The number of benzene rings is 4. The van der Waals surface area contributed by atoms with E-state index in [-0.39, 0.29) is 24.8 Å². The molecule has 1 aliphatic rings. The number of hydrogen-bond donors (Lipinski definition) is 0. The minimum absolute atomic E-state index is 0.0549. The average Bonchev–Trinajstić information content (AvgIpc) is 3.24. The van der Waals surface area contributed by atoms with Gasteiger partial charge in [0.15, 0.2) is 5.75 Å². The second kappa shape index (κ2) is 10.0. The van der Waals surface area contributed by atoms with Crippen molar-refractivity contribution in [3.63, 3.8) is 0 Å². The Bertz CT molecular complexity index is 1340. The zero-order chi connectivity index (χ0) is 25.1. The number of fused-ring (bicyclic) bond motifs is 3. The molecule has 5 rings (SSSR count). The molecule has 1 amide bonds. The molecule has 36 heavy (non-hydrogen) atoms. The Balaban J connectivity index is 1.44. The highest BCUT2D eigenvalue weighted by atomic mass is 16.6. The average molecular weight is 481 g/mol. The smallest absolute Gasteiger partial charge is 0.414 e. The quantitative estimate of drug-likeness (QED) is 0.292. The van der Waals surface area contributed by atoms with Gasteiger partial charge in [-0.1, -0.05) is 60.7 Å². The first kappa shape index (κ1) is 23.3. The van der Waals surface area contributed by atoms with Crippen molar-refractivity contribution in [2.75, 3.05) is 25.7 Å². The zero-order valence-electron chi connectivity index (χ0n) is 20.1. The Kier molecular flexibility index (Phi) is 6.50. The van der Waals surface area contributed by atoms with Gasteiger partial charge in [0.2, 0.25) is 0 Å². The van der Waals surface area contributed by atoms with Gasteiger partial charge in [0, 0.05) is 12.0 Å². The molecule has 6 nitrogen and oxygen atoms in total. The Morgan fingerprint density at radius 2 is 1.44 bits per heavy atom. The molecule has 6 heteroatoms. The first-order valence-corrected chi connectivity index (χ1v) is 11.7. The molecule has 0 heterocycles. The lowest BCUT2D eigenvalue weighted by Crippen LogP contribution is -2.32. The van der Waals surface area contributed by atoms with Gasteiger partial charge in [-0.15, -0.1) is 0 Å². The van der Waals surface area contributed by atoms with Crippen molar-refractivity contribution in [1.82, 2.24) is 0 Å². The maximum Gasteiger partial charge on any atom is 0.414 e. The third-order valence-electron chi connectivity index (χ3n) is 6.50. The van der Waals surface area contributed by atoms with Crippen LogP contribution in [0.15, 0.2) is 91.0 Å². The molecule has 0 saturated carbocycles. The van der Waals surface area contributed by atoms with Crippen molar-refractivity contribution < 1.29 is 24.1 Å². The minimum Gasteiger partial charge on any atom is -0.497 e. The van der Waals surface area contributed by atoms with Crippen LogP contribution in [0.25, 0.3) is 11.1 Å². The summed E-state index contributed by atoms with van der Waals surface area (Å²) >= 11 is 0. The van der Waals surface area contributed by atoms with E-state index >= 15 is 0 Å². The van der Waals surface area contributed by atoms with Gasteiger partial charge in [-0.3, -0.25) is 10.0 Å². The molecule has 1 radical (unpaired) electrons. The first-order valence-electron chi connectivity index (χ1n) is 11.7. The standard InChI is InChI=1S/C30H26NO5/c1-34-22-15-16-28(29(17-22)35-2)31(18-20-11-13-21(32)14-12-20)30(33)36-19-27-25-9-5-3-7-23(25)24-8-4-6-10-26(24)27/h3-17,27H,18-19H2,1-2H3. The van der Waals surface area contributed by atoms with Crippen LogP contribution in [0, 0.1) is 0 Å². The second-order valence-corrected chi connectivity index (χ2v) is 8.57. The van der Waals surface area contributed by atoms with E-state index in [1.54, 1.807) is 44.6 Å². The number of carbonyl (C=O) groups excluding carboxylic acids is 1. The lowest BCUT2D eigenvalue weighted by molar-refractivity contribution is 0.149. The lowest BCUT2D eigenvalue weighted by atomic mass is 9.98. The Hall–Kier alpha value is -4.45. The second-order valence-electron chi connectivity index (χ2n) is 8.57. The number of methoxy groups -OCH3 is 2. The summed E-state index contributed by atoms with van der Waals surface area (Å²) < 4.78 is 16.8. The van der Waals surface area contributed by atoms with E-state index in [9.17, 15) is 9.90 Å². The van der Waals surface area contributed by atoms with Crippen molar-refractivity contribution in [2.24, 2.45) is 0 Å². The van der Waals surface area contributed by atoms with Crippen LogP contribution in [0.2, 0.25) is 0 Å². The highest BCUT2D eigenvalue weighted by Crippen LogP contribution is 2.44. The maximum atomic E-state index is 13.6. The van der Waals surface area contributed by atoms with Crippen molar-refractivity contribution in [2.45, 2.75) is 12.5 Å². The van der Waals surface area contributed by atoms with E-state index in [2.05, 4.69) is 24.3 Å². The number of carbonyl (C=O) groups is 1. The summed E-state index contributed by atoms with van der Waals surface area (Å²) in [7, 11) is 3.11. The van der Waals surface area contributed by atoms with Gasteiger partial charge in [-0.2, -0.15) is 0 Å². The van der Waals surface area contributed by atoms with E-state index in [4.69, 9.17) is 14.2 Å². The normalized spacial score (nSPS) is 11.9. The highest BCUT2D eigenvalue weighted by molar-refractivity contribution is 5.90. The first-order chi connectivity index (χ1) is 17.6. The van der Waals surface area contributed by atoms with Crippen molar-refractivity contribution in [3.8, 4) is 28.4 Å². The fraction of sp³-hybridized carbons (Fsp3) is 0.167. The topological polar surface area (TPSA) is 67.9 Å². The van der Waals surface area contributed by atoms with E-state index in [0.29, 0.717) is 17.2 Å². The lowest BCUT2D eigenvalue weighted by Gasteiger charge is -2.25. The number of anilines is 1. The number of nitrogens with zero attached hydrogens (tertiary/aromatic N) is 1. The van der Waals surface area contributed by atoms with Crippen molar-refractivity contribution >= 4 is 11.8 Å². The van der Waals surface area contributed by atoms with Gasteiger partial charge in [0.25, 0.3) is 0 Å². The minimum atomic E-state index is -0.508. The number of hydrogen-bond acceptors (Lipinski definition) is 4. The molecule has 4 aromatic carbocycles. The van der Waals surface area contributed by atoms with Gasteiger partial charge in [0.05, 0.1) is 26.5 Å². The molecule has 4 aromatic rings. The zero-order valence-corrected chi connectivity index (χ0v) is 20.1. The highest BCUT2D eigenvalue weighted by Gasteiger charge is 2.30. The SMILES string of the molecule is COc1ccc(N(Cc2ccc([O])cc2)C(=O)OCC2c3ccccc3-c3ccccc32)c(OC)c1.